The van der Waals surface area contributed by atoms with Gasteiger partial charge in [0.25, 0.3) is 0 Å². The first-order valence-electron chi connectivity index (χ1n) is 5.20. The highest BCUT2D eigenvalue weighted by atomic mass is 32.1. The van der Waals surface area contributed by atoms with Crippen LogP contribution in [0.5, 0.6) is 0 Å². The average Bonchev–Trinajstić information content (AvgIpc) is 2.65. The van der Waals surface area contributed by atoms with E-state index in [1.807, 2.05) is 7.05 Å². The van der Waals surface area contributed by atoms with Gasteiger partial charge in [0, 0.05) is 13.6 Å². The molecule has 0 saturated heterocycles. The molecule has 0 bridgehead atoms. The Morgan fingerprint density at radius 1 is 1.60 bits per heavy atom. The summed E-state index contributed by atoms with van der Waals surface area (Å²) >= 11 is 1.45. The maximum atomic E-state index is 8.68. The Balaban J connectivity index is 2.40. The number of anilines is 1. The van der Waals surface area contributed by atoms with Crippen molar-refractivity contribution in [2.24, 2.45) is 5.92 Å². The molecule has 1 aromatic rings. The molecule has 1 heterocycles. The molecule has 0 saturated carbocycles. The second-order valence-corrected chi connectivity index (χ2v) is 5.09. The standard InChI is InChI=1S/C11H17N3S/c1-9(2)5-4-6-14(3)11-13-8-10(7-12)15-11/h8-9H,4-6H2,1-3H3. The molecule has 0 aromatic carbocycles. The molecule has 0 N–H and O–H groups in total. The van der Waals surface area contributed by atoms with Crippen molar-refractivity contribution >= 4 is 16.5 Å². The summed E-state index contributed by atoms with van der Waals surface area (Å²) in [6.07, 6.45) is 4.05. The number of nitrogens with zero attached hydrogens (tertiary/aromatic N) is 3. The van der Waals surface area contributed by atoms with E-state index in [0.717, 1.165) is 17.6 Å². The van der Waals surface area contributed by atoms with E-state index in [1.54, 1.807) is 6.20 Å². The predicted octanol–water partition coefficient (Wildman–Crippen LogP) is 2.89. The lowest BCUT2D eigenvalue weighted by molar-refractivity contribution is 0.555. The van der Waals surface area contributed by atoms with Crippen molar-refractivity contribution in [2.45, 2.75) is 26.7 Å². The Bertz CT molecular complexity index is 338. The van der Waals surface area contributed by atoms with Crippen LogP contribution in [0.1, 0.15) is 31.6 Å². The molecule has 0 aliphatic heterocycles. The fourth-order valence-electron chi connectivity index (χ4n) is 1.33. The van der Waals surface area contributed by atoms with Gasteiger partial charge in [-0.3, -0.25) is 0 Å². The van der Waals surface area contributed by atoms with E-state index in [1.165, 1.54) is 24.2 Å². The summed E-state index contributed by atoms with van der Waals surface area (Å²) in [5.74, 6) is 0.754. The number of hydrogen-bond acceptors (Lipinski definition) is 4. The van der Waals surface area contributed by atoms with Gasteiger partial charge in [-0.15, -0.1) is 0 Å². The molecular weight excluding hydrogens is 206 g/mol. The van der Waals surface area contributed by atoms with E-state index in [4.69, 9.17) is 5.26 Å². The van der Waals surface area contributed by atoms with E-state index < -0.39 is 0 Å². The van der Waals surface area contributed by atoms with Crippen LogP contribution in [0, 0.1) is 17.2 Å². The Labute approximate surface area is 95.4 Å². The van der Waals surface area contributed by atoms with Gasteiger partial charge < -0.3 is 4.90 Å². The molecule has 4 heteroatoms. The van der Waals surface area contributed by atoms with Crippen molar-refractivity contribution < 1.29 is 0 Å². The Morgan fingerprint density at radius 3 is 2.87 bits per heavy atom. The third-order valence-corrected chi connectivity index (χ3v) is 3.22. The molecule has 1 aromatic heterocycles. The van der Waals surface area contributed by atoms with E-state index >= 15 is 0 Å². The fraction of sp³-hybridized carbons (Fsp3) is 0.636. The number of nitriles is 1. The quantitative estimate of drug-likeness (QED) is 0.770. The van der Waals surface area contributed by atoms with Crippen LogP contribution >= 0.6 is 11.3 Å². The van der Waals surface area contributed by atoms with Crippen LogP contribution in [0.3, 0.4) is 0 Å². The minimum Gasteiger partial charge on any atom is -0.351 e. The van der Waals surface area contributed by atoms with Crippen molar-refractivity contribution in [2.75, 3.05) is 18.5 Å². The minimum absolute atomic E-state index is 0.681. The molecule has 0 atom stereocenters. The highest BCUT2D eigenvalue weighted by Gasteiger charge is 2.06. The summed E-state index contributed by atoms with van der Waals surface area (Å²) in [4.78, 5) is 7.01. The van der Waals surface area contributed by atoms with Crippen molar-refractivity contribution in [3.8, 4) is 6.07 Å². The van der Waals surface area contributed by atoms with Crippen molar-refractivity contribution in [1.29, 1.82) is 5.26 Å². The molecule has 0 spiro atoms. The van der Waals surface area contributed by atoms with Gasteiger partial charge in [0.15, 0.2) is 5.13 Å². The van der Waals surface area contributed by atoms with Gasteiger partial charge in [0.1, 0.15) is 10.9 Å². The monoisotopic (exact) mass is 223 g/mol. The molecule has 0 aliphatic rings. The van der Waals surface area contributed by atoms with E-state index in [2.05, 4.69) is 29.8 Å². The highest BCUT2D eigenvalue weighted by Crippen LogP contribution is 2.21. The summed E-state index contributed by atoms with van der Waals surface area (Å²) < 4.78 is 0. The lowest BCUT2D eigenvalue weighted by atomic mass is 10.1. The Morgan fingerprint density at radius 2 is 2.33 bits per heavy atom. The molecule has 0 aliphatic carbocycles. The molecule has 82 valence electrons. The van der Waals surface area contributed by atoms with Gasteiger partial charge in [-0.25, -0.2) is 4.98 Å². The molecular formula is C11H17N3S. The number of hydrogen-bond donors (Lipinski definition) is 0. The van der Waals surface area contributed by atoms with Gasteiger partial charge in [-0.2, -0.15) is 5.26 Å². The van der Waals surface area contributed by atoms with Crippen molar-refractivity contribution in [3.05, 3.63) is 11.1 Å². The summed E-state index contributed by atoms with van der Waals surface area (Å²) in [5, 5.41) is 9.62. The largest absolute Gasteiger partial charge is 0.351 e. The average molecular weight is 223 g/mol. The van der Waals surface area contributed by atoms with Crippen LogP contribution in [-0.4, -0.2) is 18.6 Å². The maximum Gasteiger partial charge on any atom is 0.186 e. The van der Waals surface area contributed by atoms with Gasteiger partial charge in [0.05, 0.1) is 6.20 Å². The zero-order valence-electron chi connectivity index (χ0n) is 9.53. The second-order valence-electron chi connectivity index (χ2n) is 4.08. The summed E-state index contributed by atoms with van der Waals surface area (Å²) in [7, 11) is 2.03. The number of aromatic nitrogens is 1. The zero-order valence-corrected chi connectivity index (χ0v) is 10.3. The zero-order chi connectivity index (χ0) is 11.3. The van der Waals surface area contributed by atoms with E-state index in [9.17, 15) is 0 Å². The predicted molar refractivity (Wildman–Crippen MR) is 64.2 cm³/mol. The summed E-state index contributed by atoms with van der Waals surface area (Å²) in [6, 6.07) is 2.11. The molecule has 0 radical (unpaired) electrons. The number of rotatable bonds is 5. The van der Waals surface area contributed by atoms with Gasteiger partial charge in [-0.05, 0) is 18.8 Å². The van der Waals surface area contributed by atoms with Crippen LogP contribution in [0.2, 0.25) is 0 Å². The normalized spacial score (nSPS) is 10.3. The maximum absolute atomic E-state index is 8.68. The first kappa shape index (κ1) is 12.0. The van der Waals surface area contributed by atoms with Crippen LogP contribution in [-0.2, 0) is 0 Å². The van der Waals surface area contributed by atoms with Crippen LogP contribution < -0.4 is 4.90 Å². The van der Waals surface area contributed by atoms with E-state index in [-0.39, 0.29) is 0 Å². The van der Waals surface area contributed by atoms with Crippen LogP contribution in [0.25, 0.3) is 0 Å². The second kappa shape index (κ2) is 5.72. The first-order valence-corrected chi connectivity index (χ1v) is 6.02. The van der Waals surface area contributed by atoms with Gasteiger partial charge in [-0.1, -0.05) is 25.2 Å². The van der Waals surface area contributed by atoms with Gasteiger partial charge in [0.2, 0.25) is 0 Å². The first-order chi connectivity index (χ1) is 7.13. The lowest BCUT2D eigenvalue weighted by Gasteiger charge is -2.15. The highest BCUT2D eigenvalue weighted by molar-refractivity contribution is 7.16. The molecule has 0 fully saturated rings. The van der Waals surface area contributed by atoms with Crippen molar-refractivity contribution in [1.82, 2.24) is 4.98 Å². The molecule has 1 rings (SSSR count). The molecule has 3 nitrogen and oxygen atoms in total. The van der Waals surface area contributed by atoms with Gasteiger partial charge >= 0.3 is 0 Å². The molecule has 0 unspecified atom stereocenters. The minimum atomic E-state index is 0.681. The summed E-state index contributed by atoms with van der Waals surface area (Å²) in [5.41, 5.74) is 0. The fourth-order valence-corrected chi connectivity index (χ4v) is 2.03. The third kappa shape index (κ3) is 3.88. The van der Waals surface area contributed by atoms with Crippen molar-refractivity contribution in [3.63, 3.8) is 0 Å². The van der Waals surface area contributed by atoms with E-state index in [0.29, 0.717) is 4.88 Å². The SMILES string of the molecule is CC(C)CCCN(C)c1ncc(C#N)s1. The van der Waals surface area contributed by atoms with Crippen LogP contribution in [0.15, 0.2) is 6.20 Å². The third-order valence-electron chi connectivity index (χ3n) is 2.21. The lowest BCUT2D eigenvalue weighted by Crippen LogP contribution is -2.18. The topological polar surface area (TPSA) is 39.9 Å². The number of thiazole rings is 1. The molecule has 15 heavy (non-hydrogen) atoms. The smallest absolute Gasteiger partial charge is 0.186 e. The Kier molecular flexibility index (Phi) is 4.57. The summed E-state index contributed by atoms with van der Waals surface area (Å²) in [6.45, 7) is 5.48. The Hall–Kier alpha value is -1.08. The molecule has 0 amide bonds. The van der Waals surface area contributed by atoms with Crippen LogP contribution in [0.4, 0.5) is 5.13 Å².